The summed E-state index contributed by atoms with van der Waals surface area (Å²) in [4.78, 5) is 11.7. The van der Waals surface area contributed by atoms with Crippen LogP contribution in [-0.2, 0) is 9.53 Å². The monoisotopic (exact) mass is 522 g/mol. The van der Waals surface area contributed by atoms with E-state index in [2.05, 4.69) is 86.1 Å². The number of esters is 1. The molecule has 3 nitrogen and oxygen atoms in total. The highest BCUT2D eigenvalue weighted by atomic mass is 127. The summed E-state index contributed by atoms with van der Waals surface area (Å²) < 4.78 is 12.2. The van der Waals surface area contributed by atoms with Gasteiger partial charge in [0.15, 0.2) is 0 Å². The van der Waals surface area contributed by atoms with Gasteiger partial charge in [-0.25, -0.2) is 4.79 Å². The van der Waals surface area contributed by atoms with E-state index in [9.17, 15) is 4.79 Å². The van der Waals surface area contributed by atoms with Crippen molar-refractivity contribution < 1.29 is 13.9 Å². The molecule has 0 saturated carbocycles. The molecule has 148 valence electrons. The fourth-order valence-electron chi connectivity index (χ4n) is 3.18. The van der Waals surface area contributed by atoms with Crippen LogP contribution in [-0.4, -0.2) is 29.2 Å². The number of furan rings is 1. The van der Waals surface area contributed by atoms with Gasteiger partial charge in [-0.3, -0.25) is 0 Å². The normalized spacial score (nSPS) is 13.0. The number of methoxy groups -OCH3 is 1. The molecule has 0 atom stereocenters. The predicted molar refractivity (Wildman–Crippen MR) is 133 cm³/mol. The molecule has 0 aliphatic rings. The van der Waals surface area contributed by atoms with Gasteiger partial charge in [-0.2, -0.15) is 0 Å². The van der Waals surface area contributed by atoms with Gasteiger partial charge in [0.05, 0.1) is 26.8 Å². The van der Waals surface area contributed by atoms with Gasteiger partial charge in [0.25, 0.3) is 0 Å². The number of carbonyl (C=O) groups is 1. The first kappa shape index (κ1) is 21.3. The Labute approximate surface area is 182 Å². The van der Waals surface area contributed by atoms with Crippen molar-refractivity contribution in [3.05, 3.63) is 39.5 Å². The van der Waals surface area contributed by atoms with Crippen LogP contribution in [0.3, 0.4) is 0 Å². The van der Waals surface area contributed by atoms with Gasteiger partial charge >= 0.3 is 5.97 Å². The molecule has 0 bridgehead atoms. The van der Waals surface area contributed by atoms with E-state index in [1.165, 1.54) is 28.9 Å². The average molecular weight is 523 g/mol. The molecule has 0 aliphatic carbocycles. The molecule has 0 aliphatic heterocycles. The van der Waals surface area contributed by atoms with E-state index >= 15 is 0 Å². The minimum atomic E-state index is -1.56. The second kappa shape index (κ2) is 7.46. The Hall–Kier alpha value is -1.39. The number of rotatable bonds is 4. The molecule has 28 heavy (non-hydrogen) atoms. The van der Waals surface area contributed by atoms with Gasteiger partial charge in [0, 0.05) is 22.4 Å². The fourth-order valence-corrected chi connectivity index (χ4v) is 6.53. The number of ether oxygens (including phenoxy) is 1. The topological polar surface area (TPSA) is 39.4 Å². The summed E-state index contributed by atoms with van der Waals surface area (Å²) in [7, 11) is -1.62. The quantitative estimate of drug-likeness (QED) is 0.198. The van der Waals surface area contributed by atoms with E-state index in [1.807, 2.05) is 6.08 Å². The lowest BCUT2D eigenvalue weighted by molar-refractivity contribution is -0.134. The number of benzene rings is 2. The maximum absolute atomic E-state index is 11.7. The molecular formula is C22H27IO3Si2. The molecule has 0 spiro atoms. The van der Waals surface area contributed by atoms with Gasteiger partial charge < -0.3 is 9.15 Å². The summed E-state index contributed by atoms with van der Waals surface area (Å²) in [6.07, 6.45) is 3.28. The van der Waals surface area contributed by atoms with Crippen LogP contribution in [0, 0.1) is 3.57 Å². The molecule has 6 heteroatoms. The first-order chi connectivity index (χ1) is 12.9. The molecule has 2 aromatic carbocycles. The lowest BCUT2D eigenvalue weighted by Crippen LogP contribution is -2.38. The van der Waals surface area contributed by atoms with E-state index in [4.69, 9.17) is 9.15 Å². The van der Waals surface area contributed by atoms with Crippen LogP contribution in [0.1, 0.15) is 5.56 Å². The zero-order valence-corrected chi connectivity index (χ0v) is 21.7. The molecule has 3 aromatic rings. The summed E-state index contributed by atoms with van der Waals surface area (Å²) in [6, 6.07) is 9.05. The van der Waals surface area contributed by atoms with Crippen molar-refractivity contribution in [3.63, 3.8) is 0 Å². The van der Waals surface area contributed by atoms with E-state index in [0.29, 0.717) is 0 Å². The lowest BCUT2D eigenvalue weighted by Gasteiger charge is -2.18. The maximum Gasteiger partial charge on any atom is 0.330 e. The third-order valence-corrected chi connectivity index (χ3v) is 9.83. The Morgan fingerprint density at radius 2 is 1.46 bits per heavy atom. The van der Waals surface area contributed by atoms with Crippen LogP contribution in [0.5, 0.6) is 0 Å². The lowest BCUT2D eigenvalue weighted by atomic mass is 10.1. The third kappa shape index (κ3) is 4.13. The van der Waals surface area contributed by atoms with Gasteiger partial charge in [0.2, 0.25) is 0 Å². The second-order valence-electron chi connectivity index (χ2n) is 9.24. The second-order valence-corrected chi connectivity index (χ2v) is 20.6. The average Bonchev–Trinajstić information content (AvgIpc) is 2.97. The van der Waals surface area contributed by atoms with Crippen LogP contribution < -0.4 is 10.4 Å². The van der Waals surface area contributed by atoms with Gasteiger partial charge in [0.1, 0.15) is 11.2 Å². The highest BCUT2D eigenvalue weighted by Gasteiger charge is 2.23. The van der Waals surface area contributed by atoms with E-state index < -0.39 is 16.1 Å². The van der Waals surface area contributed by atoms with Crippen molar-refractivity contribution in [3.8, 4) is 0 Å². The first-order valence-electron chi connectivity index (χ1n) is 9.38. The molecule has 0 amide bonds. The zero-order valence-electron chi connectivity index (χ0n) is 17.6. The SMILES string of the molecule is COC(=O)/C=C/c1cc([Si](C)(C)C)cc2c1oc1c(I)cc([Si](C)(C)C)cc12. The zero-order chi connectivity index (χ0) is 20.9. The Balaban J connectivity index is 2.40. The van der Waals surface area contributed by atoms with Gasteiger partial charge in [-0.15, -0.1) is 0 Å². The Kier molecular flexibility index (Phi) is 5.68. The molecule has 0 unspecified atom stereocenters. The number of hydrogen-bond donors (Lipinski definition) is 0. The molecule has 0 radical (unpaired) electrons. The minimum absolute atomic E-state index is 0.363. The number of halogens is 1. The van der Waals surface area contributed by atoms with Gasteiger partial charge in [-0.05, 0) is 34.7 Å². The van der Waals surface area contributed by atoms with Crippen molar-refractivity contribution in [1.29, 1.82) is 0 Å². The predicted octanol–water partition coefficient (Wildman–Crippen LogP) is 5.47. The standard InChI is InChI=1S/C22H27IO3Si2/c1-25-20(24)9-8-14-10-15(27(2,3)4)11-17-18-12-16(28(5,6)7)13-19(23)22(18)26-21(14)17/h8-13H,1-7H3/b9-8+. The molecule has 1 heterocycles. The van der Waals surface area contributed by atoms with Crippen molar-refractivity contribution in [2.45, 2.75) is 39.3 Å². The summed E-state index contributed by atoms with van der Waals surface area (Å²) in [5.41, 5.74) is 2.70. The van der Waals surface area contributed by atoms with Crippen molar-refractivity contribution in [2.24, 2.45) is 0 Å². The highest BCUT2D eigenvalue weighted by Crippen LogP contribution is 2.34. The Morgan fingerprint density at radius 1 is 0.929 bits per heavy atom. The van der Waals surface area contributed by atoms with Crippen LogP contribution >= 0.6 is 22.6 Å². The van der Waals surface area contributed by atoms with Crippen LogP contribution in [0.2, 0.25) is 39.3 Å². The summed E-state index contributed by atoms with van der Waals surface area (Å²) in [5.74, 6) is -0.363. The number of carbonyl (C=O) groups excluding carboxylic acids is 1. The van der Waals surface area contributed by atoms with Crippen molar-refractivity contribution in [1.82, 2.24) is 0 Å². The molecule has 3 rings (SSSR count). The van der Waals surface area contributed by atoms with Crippen LogP contribution in [0.15, 0.2) is 34.8 Å². The van der Waals surface area contributed by atoms with E-state index in [-0.39, 0.29) is 5.97 Å². The first-order valence-corrected chi connectivity index (χ1v) is 17.5. The summed E-state index contributed by atoms with van der Waals surface area (Å²) in [6.45, 7) is 14.1. The Bertz CT molecular complexity index is 1100. The van der Waals surface area contributed by atoms with E-state index in [1.54, 1.807) is 0 Å². The van der Waals surface area contributed by atoms with Crippen molar-refractivity contribution >= 4 is 83.1 Å². The molecule has 0 fully saturated rings. The highest BCUT2D eigenvalue weighted by molar-refractivity contribution is 14.1. The molecule has 0 N–H and O–H groups in total. The molecule has 1 aromatic heterocycles. The molecular weight excluding hydrogens is 495 g/mol. The van der Waals surface area contributed by atoms with Crippen LogP contribution in [0.25, 0.3) is 28.0 Å². The van der Waals surface area contributed by atoms with Gasteiger partial charge in [-0.1, -0.05) is 67.9 Å². The smallest absolute Gasteiger partial charge is 0.330 e. The van der Waals surface area contributed by atoms with Crippen LogP contribution in [0.4, 0.5) is 0 Å². The summed E-state index contributed by atoms with van der Waals surface area (Å²) in [5, 5.41) is 5.09. The minimum Gasteiger partial charge on any atom is -0.466 e. The largest absolute Gasteiger partial charge is 0.466 e. The number of hydrogen-bond acceptors (Lipinski definition) is 3. The Morgan fingerprint density at radius 3 is 2.00 bits per heavy atom. The summed E-state index contributed by atoms with van der Waals surface area (Å²) >= 11 is 2.38. The maximum atomic E-state index is 11.7. The van der Waals surface area contributed by atoms with Crippen molar-refractivity contribution in [2.75, 3.05) is 7.11 Å². The molecule has 0 saturated heterocycles. The van der Waals surface area contributed by atoms with E-state index in [0.717, 1.165) is 25.7 Å². The number of fused-ring (bicyclic) bond motifs is 3. The fraction of sp³-hybridized carbons (Fsp3) is 0.318. The third-order valence-electron chi connectivity index (χ3n) is 4.99.